The normalized spacial score (nSPS) is 11.8. The maximum absolute atomic E-state index is 12.3. The van der Waals surface area contributed by atoms with E-state index in [-0.39, 0.29) is 11.4 Å². The number of nitrogens with one attached hydrogen (secondary N) is 1. The highest BCUT2D eigenvalue weighted by Gasteiger charge is 2.16. The second-order valence-electron chi connectivity index (χ2n) is 5.46. The van der Waals surface area contributed by atoms with Gasteiger partial charge in [0.25, 0.3) is 0 Å². The summed E-state index contributed by atoms with van der Waals surface area (Å²) in [6, 6.07) is 10.7. The third-order valence-corrected chi connectivity index (χ3v) is 5.89. The monoisotopic (exact) mass is 362 g/mol. The summed E-state index contributed by atoms with van der Waals surface area (Å²) in [7, 11) is -3.51. The van der Waals surface area contributed by atoms with Crippen LogP contribution in [0.3, 0.4) is 0 Å². The van der Waals surface area contributed by atoms with E-state index >= 15 is 0 Å². The molecule has 0 radical (unpaired) electrons. The van der Waals surface area contributed by atoms with Crippen LogP contribution in [0, 0.1) is 13.8 Å². The van der Waals surface area contributed by atoms with Crippen molar-refractivity contribution >= 4 is 21.4 Å². The van der Waals surface area contributed by atoms with Gasteiger partial charge in [0.05, 0.1) is 15.5 Å². The Kier molecular flexibility index (Phi) is 4.84. The summed E-state index contributed by atoms with van der Waals surface area (Å²) in [5, 5.41) is 1.96. The molecule has 0 aliphatic carbocycles. The van der Waals surface area contributed by atoms with E-state index in [1.54, 1.807) is 29.5 Å². The first-order valence-corrected chi connectivity index (χ1v) is 9.88. The van der Waals surface area contributed by atoms with Gasteiger partial charge < -0.3 is 4.42 Å². The molecule has 3 rings (SSSR count). The highest BCUT2D eigenvalue weighted by atomic mass is 32.2. The molecule has 126 valence electrons. The summed E-state index contributed by atoms with van der Waals surface area (Å²) < 4.78 is 32.9. The molecular formula is C17H18N2O3S2. The number of oxazole rings is 1. The summed E-state index contributed by atoms with van der Waals surface area (Å²) in [6.07, 6.45) is 0.478. The molecule has 0 saturated heterocycles. The number of thiophene rings is 1. The van der Waals surface area contributed by atoms with Crippen LogP contribution in [0.4, 0.5) is 0 Å². The standard InChI is InChI=1S/C17H18N2O3S2/c1-12-5-3-6-14(11-12)24(20,21)18-9-8-15-13(2)22-17(19-15)16-7-4-10-23-16/h3-7,10-11,18H,8-9H2,1-2H3. The topological polar surface area (TPSA) is 72.2 Å². The minimum absolute atomic E-state index is 0.271. The van der Waals surface area contributed by atoms with E-state index in [4.69, 9.17) is 4.42 Å². The van der Waals surface area contributed by atoms with Gasteiger partial charge in [0.15, 0.2) is 0 Å². The fraction of sp³-hybridized carbons (Fsp3) is 0.235. The third kappa shape index (κ3) is 3.75. The van der Waals surface area contributed by atoms with Crippen molar-refractivity contribution in [3.05, 3.63) is 58.8 Å². The molecule has 1 N–H and O–H groups in total. The van der Waals surface area contributed by atoms with Crippen LogP contribution in [0.5, 0.6) is 0 Å². The zero-order valence-electron chi connectivity index (χ0n) is 13.4. The molecule has 0 atom stereocenters. The summed E-state index contributed by atoms with van der Waals surface area (Å²) >= 11 is 1.56. The quantitative estimate of drug-likeness (QED) is 0.728. The van der Waals surface area contributed by atoms with E-state index in [1.807, 2.05) is 37.4 Å². The number of aromatic nitrogens is 1. The molecule has 24 heavy (non-hydrogen) atoms. The zero-order chi connectivity index (χ0) is 17.2. The van der Waals surface area contributed by atoms with Gasteiger partial charge in [-0.2, -0.15) is 0 Å². The minimum atomic E-state index is -3.51. The number of benzene rings is 1. The Balaban J connectivity index is 1.66. The fourth-order valence-electron chi connectivity index (χ4n) is 2.34. The molecule has 0 amide bonds. The van der Waals surface area contributed by atoms with E-state index < -0.39 is 10.0 Å². The SMILES string of the molecule is Cc1cccc(S(=O)(=O)NCCc2nc(-c3cccs3)oc2C)c1. The molecule has 5 nitrogen and oxygen atoms in total. The van der Waals surface area contributed by atoms with Crippen LogP contribution in [-0.2, 0) is 16.4 Å². The number of rotatable bonds is 6. The van der Waals surface area contributed by atoms with Crippen molar-refractivity contribution in [3.8, 4) is 10.8 Å². The van der Waals surface area contributed by atoms with Crippen LogP contribution in [0.2, 0.25) is 0 Å². The van der Waals surface area contributed by atoms with Gasteiger partial charge in [-0.15, -0.1) is 11.3 Å². The first-order chi connectivity index (χ1) is 11.5. The van der Waals surface area contributed by atoms with Crippen molar-refractivity contribution < 1.29 is 12.8 Å². The van der Waals surface area contributed by atoms with E-state index in [0.29, 0.717) is 18.1 Å². The smallest absolute Gasteiger partial charge is 0.240 e. The van der Waals surface area contributed by atoms with Gasteiger partial charge in [-0.3, -0.25) is 0 Å². The Morgan fingerprint density at radius 2 is 2.04 bits per heavy atom. The van der Waals surface area contributed by atoms with Crippen molar-refractivity contribution in [3.63, 3.8) is 0 Å². The lowest BCUT2D eigenvalue weighted by Crippen LogP contribution is -2.26. The summed E-state index contributed by atoms with van der Waals surface area (Å²) in [5.74, 6) is 1.30. The first-order valence-electron chi connectivity index (χ1n) is 7.52. The Bertz CT molecular complexity index is 929. The molecule has 0 unspecified atom stereocenters. The predicted octanol–water partition coefficient (Wildman–Crippen LogP) is 3.54. The average molecular weight is 362 g/mol. The molecule has 0 aliphatic rings. The number of sulfonamides is 1. The molecule has 2 aromatic heterocycles. The van der Waals surface area contributed by atoms with Crippen LogP contribution in [0.25, 0.3) is 10.8 Å². The average Bonchev–Trinajstić information content (AvgIpc) is 3.17. The molecule has 0 fully saturated rings. The maximum atomic E-state index is 12.3. The number of aryl methyl sites for hydroxylation is 2. The van der Waals surface area contributed by atoms with Gasteiger partial charge >= 0.3 is 0 Å². The van der Waals surface area contributed by atoms with Crippen LogP contribution >= 0.6 is 11.3 Å². The van der Waals surface area contributed by atoms with Gasteiger partial charge in [0.2, 0.25) is 15.9 Å². The van der Waals surface area contributed by atoms with Crippen LogP contribution < -0.4 is 4.72 Å². The molecule has 3 aromatic rings. The number of nitrogens with zero attached hydrogens (tertiary/aromatic N) is 1. The molecule has 1 aromatic carbocycles. The summed E-state index contributed by atoms with van der Waals surface area (Å²) in [6.45, 7) is 3.98. The Hall–Kier alpha value is -1.96. The first kappa shape index (κ1) is 16.9. The largest absolute Gasteiger partial charge is 0.440 e. The molecule has 2 heterocycles. The Morgan fingerprint density at radius 1 is 1.21 bits per heavy atom. The van der Waals surface area contributed by atoms with Crippen molar-refractivity contribution in [1.29, 1.82) is 0 Å². The van der Waals surface area contributed by atoms with Crippen molar-refractivity contribution in [2.45, 2.75) is 25.2 Å². The Labute approximate surface area is 145 Å². The van der Waals surface area contributed by atoms with Gasteiger partial charge in [0, 0.05) is 13.0 Å². The predicted molar refractivity (Wildman–Crippen MR) is 94.6 cm³/mol. The summed E-state index contributed by atoms with van der Waals surface area (Å²) in [5.41, 5.74) is 1.68. The van der Waals surface area contributed by atoms with Gasteiger partial charge in [-0.05, 0) is 43.0 Å². The van der Waals surface area contributed by atoms with Crippen molar-refractivity contribution in [2.75, 3.05) is 6.54 Å². The minimum Gasteiger partial charge on any atom is -0.440 e. The molecule has 0 spiro atoms. The van der Waals surface area contributed by atoms with E-state index in [0.717, 1.165) is 16.1 Å². The lowest BCUT2D eigenvalue weighted by Gasteiger charge is -2.06. The number of hydrogen-bond acceptors (Lipinski definition) is 5. The second kappa shape index (κ2) is 6.88. The highest BCUT2D eigenvalue weighted by molar-refractivity contribution is 7.89. The van der Waals surface area contributed by atoms with Crippen LogP contribution in [0.1, 0.15) is 17.0 Å². The second-order valence-corrected chi connectivity index (χ2v) is 8.18. The lowest BCUT2D eigenvalue weighted by atomic mass is 10.2. The highest BCUT2D eigenvalue weighted by Crippen LogP contribution is 2.26. The fourth-order valence-corrected chi connectivity index (χ4v) is 4.12. The van der Waals surface area contributed by atoms with E-state index in [2.05, 4.69) is 9.71 Å². The zero-order valence-corrected chi connectivity index (χ0v) is 15.1. The van der Waals surface area contributed by atoms with Crippen molar-refractivity contribution in [2.24, 2.45) is 0 Å². The Morgan fingerprint density at radius 3 is 2.75 bits per heavy atom. The number of hydrogen-bond donors (Lipinski definition) is 1. The van der Waals surface area contributed by atoms with Gasteiger partial charge in [-0.1, -0.05) is 18.2 Å². The molecule has 0 bridgehead atoms. The third-order valence-electron chi connectivity index (χ3n) is 3.58. The molecule has 0 saturated carbocycles. The van der Waals surface area contributed by atoms with Crippen LogP contribution in [0.15, 0.2) is 51.1 Å². The molecule has 0 aliphatic heterocycles. The van der Waals surface area contributed by atoms with Crippen molar-refractivity contribution in [1.82, 2.24) is 9.71 Å². The molecular weight excluding hydrogens is 344 g/mol. The van der Waals surface area contributed by atoms with E-state index in [1.165, 1.54) is 0 Å². The van der Waals surface area contributed by atoms with Gasteiger partial charge in [0.1, 0.15) is 5.76 Å². The van der Waals surface area contributed by atoms with Crippen LogP contribution in [-0.4, -0.2) is 19.9 Å². The van der Waals surface area contributed by atoms with E-state index in [9.17, 15) is 8.42 Å². The maximum Gasteiger partial charge on any atom is 0.240 e. The molecule has 7 heteroatoms. The summed E-state index contributed by atoms with van der Waals surface area (Å²) in [4.78, 5) is 5.71. The lowest BCUT2D eigenvalue weighted by molar-refractivity contribution is 0.539. The van der Waals surface area contributed by atoms with Gasteiger partial charge in [-0.25, -0.2) is 18.1 Å².